The Balaban J connectivity index is 1.34. The first-order valence-corrected chi connectivity index (χ1v) is 11.2. The highest BCUT2D eigenvalue weighted by Gasteiger charge is 2.08. The maximum Gasteiger partial charge on any atom is 0.0384 e. The highest BCUT2D eigenvalue weighted by molar-refractivity contribution is 5.60. The van der Waals surface area contributed by atoms with Gasteiger partial charge in [0, 0.05) is 11.4 Å². The lowest BCUT2D eigenvalue weighted by Crippen LogP contribution is -1.99. The molecule has 0 saturated heterocycles. The van der Waals surface area contributed by atoms with E-state index in [1.165, 1.54) is 22.3 Å². The standard InChI is InChI=1S/C30H31N/c1-23(27-11-7-4-8-12-27)22-26-13-17-29(18-14-26)31-30-19-15-28(16-20-30)24(2)21-25-9-5-3-6-10-25/h3-20,23-24,31H,21-22H2,1-2H3/t23-,24?/m1/s1. The van der Waals surface area contributed by atoms with Gasteiger partial charge in [0.15, 0.2) is 0 Å². The maximum absolute atomic E-state index is 3.53. The third kappa shape index (κ3) is 5.86. The second-order valence-corrected chi connectivity index (χ2v) is 8.55. The highest BCUT2D eigenvalue weighted by atomic mass is 14.9. The average Bonchev–Trinajstić information content (AvgIpc) is 2.82. The number of nitrogens with one attached hydrogen (secondary N) is 1. The van der Waals surface area contributed by atoms with E-state index < -0.39 is 0 Å². The van der Waals surface area contributed by atoms with E-state index in [0.717, 1.165) is 24.2 Å². The lowest BCUT2D eigenvalue weighted by atomic mass is 9.93. The highest BCUT2D eigenvalue weighted by Crippen LogP contribution is 2.25. The lowest BCUT2D eigenvalue weighted by Gasteiger charge is -2.14. The van der Waals surface area contributed by atoms with Gasteiger partial charge in [-0.1, -0.05) is 98.8 Å². The van der Waals surface area contributed by atoms with Gasteiger partial charge < -0.3 is 5.32 Å². The summed E-state index contributed by atoms with van der Waals surface area (Å²) in [4.78, 5) is 0. The van der Waals surface area contributed by atoms with Gasteiger partial charge in [0.1, 0.15) is 0 Å². The molecule has 0 fully saturated rings. The molecule has 0 aliphatic carbocycles. The summed E-state index contributed by atoms with van der Waals surface area (Å²) in [7, 11) is 0. The van der Waals surface area contributed by atoms with Crippen LogP contribution in [-0.2, 0) is 12.8 Å². The number of hydrogen-bond acceptors (Lipinski definition) is 1. The smallest absolute Gasteiger partial charge is 0.0384 e. The van der Waals surface area contributed by atoms with E-state index >= 15 is 0 Å². The first-order chi connectivity index (χ1) is 15.2. The lowest BCUT2D eigenvalue weighted by molar-refractivity contribution is 0.759. The van der Waals surface area contributed by atoms with Crippen LogP contribution in [-0.4, -0.2) is 0 Å². The van der Waals surface area contributed by atoms with Crippen LogP contribution in [0.15, 0.2) is 109 Å². The van der Waals surface area contributed by atoms with Crippen molar-refractivity contribution in [2.45, 2.75) is 38.5 Å². The van der Waals surface area contributed by atoms with Crippen molar-refractivity contribution in [3.8, 4) is 0 Å². The molecule has 1 heteroatoms. The molecule has 0 saturated carbocycles. The van der Waals surface area contributed by atoms with Gasteiger partial charge in [0.25, 0.3) is 0 Å². The molecule has 4 rings (SSSR count). The number of anilines is 2. The first-order valence-electron chi connectivity index (χ1n) is 11.2. The van der Waals surface area contributed by atoms with Crippen LogP contribution < -0.4 is 5.32 Å². The van der Waals surface area contributed by atoms with Gasteiger partial charge in [-0.2, -0.15) is 0 Å². The summed E-state index contributed by atoms with van der Waals surface area (Å²) in [6, 6.07) is 39.1. The maximum atomic E-state index is 3.53. The van der Waals surface area contributed by atoms with Crippen LogP contribution in [0.4, 0.5) is 11.4 Å². The first kappa shape index (κ1) is 20.9. The predicted octanol–water partition coefficient (Wildman–Crippen LogP) is 8.12. The van der Waals surface area contributed by atoms with Gasteiger partial charge >= 0.3 is 0 Å². The number of benzene rings is 4. The zero-order chi connectivity index (χ0) is 21.5. The van der Waals surface area contributed by atoms with Crippen LogP contribution >= 0.6 is 0 Å². The van der Waals surface area contributed by atoms with E-state index in [1.54, 1.807) is 0 Å². The Labute approximate surface area is 186 Å². The molecule has 0 aliphatic rings. The van der Waals surface area contributed by atoms with E-state index in [2.05, 4.69) is 128 Å². The zero-order valence-corrected chi connectivity index (χ0v) is 18.5. The topological polar surface area (TPSA) is 12.0 Å². The summed E-state index contributed by atoms with van der Waals surface area (Å²) in [6.07, 6.45) is 2.12. The second-order valence-electron chi connectivity index (χ2n) is 8.55. The van der Waals surface area contributed by atoms with E-state index in [1.807, 2.05) is 0 Å². The SMILES string of the molecule is CC(Cc1ccccc1)c1ccc(Nc2ccc(C[C@@H](C)c3ccccc3)cc2)cc1. The van der Waals surface area contributed by atoms with E-state index in [9.17, 15) is 0 Å². The molecule has 1 N–H and O–H groups in total. The summed E-state index contributed by atoms with van der Waals surface area (Å²) in [6.45, 7) is 4.59. The van der Waals surface area contributed by atoms with Crippen LogP contribution in [0.1, 0.15) is 47.9 Å². The van der Waals surface area contributed by atoms with Gasteiger partial charge in [-0.05, 0) is 71.2 Å². The Morgan fingerprint density at radius 1 is 0.484 bits per heavy atom. The van der Waals surface area contributed by atoms with Crippen LogP contribution in [0, 0.1) is 0 Å². The largest absolute Gasteiger partial charge is 0.356 e. The Kier molecular flexibility index (Phi) is 6.84. The molecular weight excluding hydrogens is 374 g/mol. The Hall–Kier alpha value is -3.32. The molecule has 4 aromatic rings. The van der Waals surface area contributed by atoms with Gasteiger partial charge in [-0.3, -0.25) is 0 Å². The fraction of sp³-hybridized carbons (Fsp3) is 0.200. The quantitative estimate of drug-likeness (QED) is 0.312. The summed E-state index contributed by atoms with van der Waals surface area (Å²) in [5, 5.41) is 3.53. The molecule has 0 aromatic heterocycles. The van der Waals surface area contributed by atoms with E-state index in [-0.39, 0.29) is 0 Å². The summed E-state index contributed by atoms with van der Waals surface area (Å²) in [5.41, 5.74) is 7.78. The number of hydrogen-bond donors (Lipinski definition) is 1. The normalized spacial score (nSPS) is 12.8. The minimum atomic E-state index is 0.502. The van der Waals surface area contributed by atoms with Gasteiger partial charge in [-0.15, -0.1) is 0 Å². The molecule has 0 radical (unpaired) electrons. The Morgan fingerprint density at radius 2 is 0.903 bits per heavy atom. The summed E-state index contributed by atoms with van der Waals surface area (Å²) >= 11 is 0. The Morgan fingerprint density at radius 3 is 1.45 bits per heavy atom. The van der Waals surface area contributed by atoms with Crippen molar-refractivity contribution in [3.63, 3.8) is 0 Å². The molecule has 156 valence electrons. The average molecular weight is 406 g/mol. The third-order valence-electron chi connectivity index (χ3n) is 6.02. The molecule has 0 spiro atoms. The molecule has 1 unspecified atom stereocenters. The molecule has 0 bridgehead atoms. The van der Waals surface area contributed by atoms with Crippen molar-refractivity contribution in [1.82, 2.24) is 0 Å². The predicted molar refractivity (Wildman–Crippen MR) is 133 cm³/mol. The van der Waals surface area contributed by atoms with Crippen LogP contribution in [0.3, 0.4) is 0 Å². The van der Waals surface area contributed by atoms with Crippen molar-refractivity contribution in [2.75, 3.05) is 5.32 Å². The zero-order valence-electron chi connectivity index (χ0n) is 18.5. The fourth-order valence-electron chi connectivity index (χ4n) is 4.12. The minimum absolute atomic E-state index is 0.502. The second kappa shape index (κ2) is 10.1. The van der Waals surface area contributed by atoms with Gasteiger partial charge in [0.2, 0.25) is 0 Å². The molecule has 0 heterocycles. The van der Waals surface area contributed by atoms with Gasteiger partial charge in [0.05, 0.1) is 0 Å². The van der Waals surface area contributed by atoms with Crippen LogP contribution in [0.5, 0.6) is 0 Å². The molecule has 1 nitrogen and oxygen atoms in total. The van der Waals surface area contributed by atoms with Crippen molar-refractivity contribution in [2.24, 2.45) is 0 Å². The summed E-state index contributed by atoms with van der Waals surface area (Å²) in [5.74, 6) is 1.02. The fourth-order valence-corrected chi connectivity index (χ4v) is 4.12. The van der Waals surface area contributed by atoms with E-state index in [4.69, 9.17) is 0 Å². The Bertz CT molecular complexity index is 1050. The van der Waals surface area contributed by atoms with Gasteiger partial charge in [-0.25, -0.2) is 0 Å². The van der Waals surface area contributed by atoms with Crippen LogP contribution in [0.25, 0.3) is 0 Å². The van der Waals surface area contributed by atoms with Crippen molar-refractivity contribution in [1.29, 1.82) is 0 Å². The molecule has 31 heavy (non-hydrogen) atoms. The minimum Gasteiger partial charge on any atom is -0.356 e. The van der Waals surface area contributed by atoms with Crippen molar-refractivity contribution < 1.29 is 0 Å². The third-order valence-corrected chi connectivity index (χ3v) is 6.02. The van der Waals surface area contributed by atoms with Crippen LogP contribution in [0.2, 0.25) is 0 Å². The molecule has 4 aromatic carbocycles. The number of rotatable bonds is 8. The molecule has 0 amide bonds. The molecule has 2 atom stereocenters. The van der Waals surface area contributed by atoms with Crippen molar-refractivity contribution in [3.05, 3.63) is 131 Å². The monoisotopic (exact) mass is 405 g/mol. The van der Waals surface area contributed by atoms with E-state index in [0.29, 0.717) is 11.8 Å². The molecular formula is C30H31N. The molecule has 0 aliphatic heterocycles. The van der Waals surface area contributed by atoms with Crippen molar-refractivity contribution >= 4 is 11.4 Å². The summed E-state index contributed by atoms with van der Waals surface area (Å²) < 4.78 is 0.